The summed E-state index contributed by atoms with van der Waals surface area (Å²) in [7, 11) is 1.65. The molecule has 0 aliphatic rings. The van der Waals surface area contributed by atoms with Crippen molar-refractivity contribution in [1.29, 1.82) is 0 Å². The fourth-order valence-corrected chi connectivity index (χ4v) is 2.18. The number of methoxy groups -OCH3 is 1. The average Bonchev–Trinajstić information content (AvgIpc) is 2.94. The summed E-state index contributed by atoms with van der Waals surface area (Å²) in [5.74, 6) is 1.51. The molecular weight excluding hydrogens is 266 g/mol. The highest BCUT2D eigenvalue weighted by atomic mass is 16.5. The maximum atomic E-state index is 5.52. The summed E-state index contributed by atoms with van der Waals surface area (Å²) in [4.78, 5) is 4.20. The number of imidazole rings is 1. The van der Waals surface area contributed by atoms with Crippen molar-refractivity contribution in [3.63, 3.8) is 0 Å². The molecule has 0 radical (unpaired) electrons. The highest BCUT2D eigenvalue weighted by Gasteiger charge is 2.06. The zero-order valence-electron chi connectivity index (χ0n) is 12.9. The van der Waals surface area contributed by atoms with E-state index in [1.807, 2.05) is 37.6 Å². The number of aromatic nitrogens is 2. The largest absolute Gasteiger partial charge is 0.493 e. The first-order chi connectivity index (χ1) is 10.3. The van der Waals surface area contributed by atoms with E-state index in [0.717, 1.165) is 36.7 Å². The van der Waals surface area contributed by atoms with Crippen molar-refractivity contribution < 1.29 is 9.47 Å². The van der Waals surface area contributed by atoms with Crippen LogP contribution in [-0.2, 0) is 13.1 Å². The summed E-state index contributed by atoms with van der Waals surface area (Å²) >= 11 is 0. The molecule has 1 N–H and O–H groups in total. The number of hydrogen-bond acceptors (Lipinski definition) is 4. The van der Waals surface area contributed by atoms with E-state index in [-0.39, 0.29) is 0 Å². The third kappa shape index (κ3) is 3.90. The van der Waals surface area contributed by atoms with Gasteiger partial charge in [0.1, 0.15) is 0 Å². The Morgan fingerprint density at radius 1 is 1.24 bits per heavy atom. The molecule has 2 rings (SSSR count). The van der Waals surface area contributed by atoms with Gasteiger partial charge in [0.15, 0.2) is 11.5 Å². The summed E-state index contributed by atoms with van der Waals surface area (Å²) in [6.07, 6.45) is 4.87. The van der Waals surface area contributed by atoms with Gasteiger partial charge in [-0.15, -0.1) is 0 Å². The minimum Gasteiger partial charge on any atom is -0.493 e. The first kappa shape index (κ1) is 15.2. The number of nitrogens with zero attached hydrogens (tertiary/aromatic N) is 2. The summed E-state index contributed by atoms with van der Waals surface area (Å²) in [5, 5.41) is 3.39. The Morgan fingerprint density at radius 2 is 2.10 bits per heavy atom. The van der Waals surface area contributed by atoms with Crippen LogP contribution in [0.4, 0.5) is 5.69 Å². The minimum absolute atomic E-state index is 0.624. The van der Waals surface area contributed by atoms with Crippen molar-refractivity contribution in [2.45, 2.75) is 33.4 Å². The summed E-state index contributed by atoms with van der Waals surface area (Å²) in [5.41, 5.74) is 2.17. The lowest BCUT2D eigenvalue weighted by molar-refractivity contribution is 0.311. The second-order valence-corrected chi connectivity index (χ2v) is 4.73. The Morgan fingerprint density at radius 3 is 2.81 bits per heavy atom. The van der Waals surface area contributed by atoms with Crippen LogP contribution in [0.3, 0.4) is 0 Å². The van der Waals surface area contributed by atoms with Crippen molar-refractivity contribution in [1.82, 2.24) is 9.55 Å². The lowest BCUT2D eigenvalue weighted by Gasteiger charge is -2.13. The van der Waals surface area contributed by atoms with E-state index in [1.54, 1.807) is 7.11 Å². The molecule has 2 aromatic rings. The third-order valence-corrected chi connectivity index (χ3v) is 3.20. The number of aryl methyl sites for hydroxylation is 1. The van der Waals surface area contributed by atoms with Crippen LogP contribution >= 0.6 is 0 Å². The zero-order chi connectivity index (χ0) is 15.1. The molecule has 0 aliphatic heterocycles. The first-order valence-corrected chi connectivity index (χ1v) is 7.32. The van der Waals surface area contributed by atoms with Crippen molar-refractivity contribution in [2.24, 2.45) is 0 Å². The van der Waals surface area contributed by atoms with Crippen molar-refractivity contribution in [3.8, 4) is 11.5 Å². The fourth-order valence-electron chi connectivity index (χ4n) is 2.18. The molecule has 114 valence electrons. The lowest BCUT2D eigenvalue weighted by atomic mass is 10.2. The molecule has 0 atom stereocenters. The summed E-state index contributed by atoms with van der Waals surface area (Å²) in [6, 6.07) is 5.87. The number of anilines is 1. The van der Waals surface area contributed by atoms with Crippen molar-refractivity contribution in [2.75, 3.05) is 19.0 Å². The van der Waals surface area contributed by atoms with Crippen LogP contribution in [0, 0.1) is 0 Å². The molecule has 5 nitrogen and oxygen atoms in total. The Bertz CT molecular complexity index is 566. The van der Waals surface area contributed by atoms with E-state index in [0.29, 0.717) is 6.61 Å². The van der Waals surface area contributed by atoms with Gasteiger partial charge in [-0.05, 0) is 25.5 Å². The van der Waals surface area contributed by atoms with E-state index in [4.69, 9.17) is 9.47 Å². The topological polar surface area (TPSA) is 48.3 Å². The van der Waals surface area contributed by atoms with Crippen LogP contribution in [0.25, 0.3) is 0 Å². The highest BCUT2D eigenvalue weighted by molar-refractivity contribution is 5.54. The van der Waals surface area contributed by atoms with E-state index in [9.17, 15) is 0 Å². The van der Waals surface area contributed by atoms with Crippen LogP contribution in [-0.4, -0.2) is 23.3 Å². The third-order valence-electron chi connectivity index (χ3n) is 3.20. The maximum absolute atomic E-state index is 5.52. The predicted octanol–water partition coefficient (Wildman–Crippen LogP) is 3.31. The molecule has 0 fully saturated rings. The average molecular weight is 289 g/mol. The zero-order valence-corrected chi connectivity index (χ0v) is 12.9. The van der Waals surface area contributed by atoms with Crippen LogP contribution in [0.5, 0.6) is 11.5 Å². The Balaban J connectivity index is 2.04. The van der Waals surface area contributed by atoms with Gasteiger partial charge in [-0.25, -0.2) is 4.98 Å². The fraction of sp³-hybridized carbons (Fsp3) is 0.438. The monoisotopic (exact) mass is 289 g/mol. The lowest BCUT2D eigenvalue weighted by Crippen LogP contribution is -2.07. The van der Waals surface area contributed by atoms with E-state index in [2.05, 4.69) is 21.8 Å². The molecule has 0 unspecified atom stereocenters. The van der Waals surface area contributed by atoms with Gasteiger partial charge in [0.05, 0.1) is 32.3 Å². The van der Waals surface area contributed by atoms with Gasteiger partial charge in [-0.2, -0.15) is 0 Å². The van der Waals surface area contributed by atoms with Gasteiger partial charge in [-0.3, -0.25) is 0 Å². The van der Waals surface area contributed by atoms with Gasteiger partial charge < -0.3 is 19.4 Å². The second-order valence-electron chi connectivity index (χ2n) is 4.73. The molecule has 0 spiro atoms. The van der Waals surface area contributed by atoms with Gasteiger partial charge in [0, 0.05) is 24.5 Å². The summed E-state index contributed by atoms with van der Waals surface area (Å²) in [6.45, 7) is 6.47. The highest BCUT2D eigenvalue weighted by Crippen LogP contribution is 2.30. The van der Waals surface area contributed by atoms with Gasteiger partial charge >= 0.3 is 0 Å². The van der Waals surface area contributed by atoms with Crippen LogP contribution in [0.15, 0.2) is 30.7 Å². The Kier molecular flexibility index (Phi) is 5.49. The number of rotatable bonds is 8. The first-order valence-electron chi connectivity index (χ1n) is 7.32. The SMILES string of the molecule is CCCn1cncc1CNc1ccc(OCC)c(OC)c1. The number of ether oxygens (including phenoxy) is 2. The molecule has 0 aliphatic carbocycles. The van der Waals surface area contributed by atoms with Gasteiger partial charge in [-0.1, -0.05) is 6.92 Å². The van der Waals surface area contributed by atoms with Crippen molar-refractivity contribution in [3.05, 3.63) is 36.4 Å². The molecule has 5 heteroatoms. The van der Waals surface area contributed by atoms with Gasteiger partial charge in [0.2, 0.25) is 0 Å². The summed E-state index contributed by atoms with van der Waals surface area (Å²) < 4.78 is 13.0. The Hall–Kier alpha value is -2.17. The smallest absolute Gasteiger partial charge is 0.162 e. The molecule has 1 aromatic heterocycles. The molecule has 0 amide bonds. The second kappa shape index (κ2) is 7.57. The van der Waals surface area contributed by atoms with E-state index < -0.39 is 0 Å². The standard InChI is InChI=1S/C16H23N3O2/c1-4-8-19-12-17-10-14(19)11-18-13-6-7-15(21-5-2)16(9-13)20-3/h6-7,9-10,12,18H,4-5,8,11H2,1-3H3. The number of benzene rings is 1. The molecule has 1 aromatic carbocycles. The molecule has 0 bridgehead atoms. The number of hydrogen-bond donors (Lipinski definition) is 1. The molecular formula is C16H23N3O2. The molecule has 0 saturated carbocycles. The normalized spacial score (nSPS) is 10.4. The predicted molar refractivity (Wildman–Crippen MR) is 84.0 cm³/mol. The minimum atomic E-state index is 0.624. The van der Waals surface area contributed by atoms with Crippen molar-refractivity contribution >= 4 is 5.69 Å². The van der Waals surface area contributed by atoms with Crippen LogP contribution in [0.2, 0.25) is 0 Å². The molecule has 0 saturated heterocycles. The quantitative estimate of drug-likeness (QED) is 0.810. The van der Waals surface area contributed by atoms with Crippen LogP contribution < -0.4 is 14.8 Å². The van der Waals surface area contributed by atoms with E-state index in [1.165, 1.54) is 5.69 Å². The van der Waals surface area contributed by atoms with Gasteiger partial charge in [0.25, 0.3) is 0 Å². The van der Waals surface area contributed by atoms with Crippen LogP contribution in [0.1, 0.15) is 26.0 Å². The maximum Gasteiger partial charge on any atom is 0.162 e. The van der Waals surface area contributed by atoms with E-state index >= 15 is 0 Å². The molecule has 1 heterocycles. The number of nitrogens with one attached hydrogen (secondary N) is 1. The Labute approximate surface area is 125 Å². The molecule has 21 heavy (non-hydrogen) atoms.